The third kappa shape index (κ3) is 9.63. The predicted octanol–water partition coefficient (Wildman–Crippen LogP) is 2.17. The molecule has 0 aliphatic carbocycles. The molecule has 0 N–H and O–H groups in total. The van der Waals surface area contributed by atoms with Crippen LogP contribution in [-0.2, 0) is 9.53 Å². The first-order chi connectivity index (χ1) is 5.27. The minimum atomic E-state index is 0.255. The van der Waals surface area contributed by atoms with Crippen molar-refractivity contribution in [3.05, 3.63) is 0 Å². The number of carbonyl (C=O) groups excluding carboxylic acids is 1. The van der Waals surface area contributed by atoms with Crippen molar-refractivity contribution < 1.29 is 9.53 Å². The van der Waals surface area contributed by atoms with E-state index in [-0.39, 0.29) is 5.78 Å². The van der Waals surface area contributed by atoms with Crippen LogP contribution in [0.15, 0.2) is 0 Å². The summed E-state index contributed by atoms with van der Waals surface area (Å²) in [5, 5.41) is 0. The number of carbonyl (C=O) groups is 1. The summed E-state index contributed by atoms with van der Waals surface area (Å²) in [6.07, 6.45) is 4.60. The van der Waals surface area contributed by atoms with Crippen LogP contribution in [0.4, 0.5) is 0 Å². The van der Waals surface area contributed by atoms with E-state index in [0.717, 1.165) is 13.2 Å². The van der Waals surface area contributed by atoms with E-state index in [1.54, 1.807) is 6.92 Å². The maximum Gasteiger partial charge on any atom is 0.129 e. The van der Waals surface area contributed by atoms with E-state index < -0.39 is 0 Å². The highest BCUT2D eigenvalue weighted by atomic mass is 16.5. The molecule has 1 saturated heterocycles. The van der Waals surface area contributed by atoms with Gasteiger partial charge in [-0.15, -0.1) is 0 Å². The number of hydrogen-bond acceptors (Lipinski definition) is 2. The second-order valence-corrected chi connectivity index (χ2v) is 2.73. The van der Waals surface area contributed by atoms with Gasteiger partial charge in [0.05, 0.1) is 0 Å². The molecular formula is C9H18O2. The SMILES string of the molecule is C1CCOCC1.CCC(C)=O. The molecular weight excluding hydrogens is 140 g/mol. The summed E-state index contributed by atoms with van der Waals surface area (Å²) in [4.78, 5) is 9.81. The van der Waals surface area contributed by atoms with Crippen LogP contribution in [0.25, 0.3) is 0 Å². The third-order valence-corrected chi connectivity index (χ3v) is 1.58. The fraction of sp³-hybridized carbons (Fsp3) is 0.889. The zero-order valence-corrected chi connectivity index (χ0v) is 7.56. The zero-order valence-electron chi connectivity index (χ0n) is 7.56. The fourth-order valence-electron chi connectivity index (χ4n) is 0.687. The third-order valence-electron chi connectivity index (χ3n) is 1.58. The Bertz CT molecular complexity index is 84.2. The van der Waals surface area contributed by atoms with E-state index >= 15 is 0 Å². The van der Waals surface area contributed by atoms with Crippen LogP contribution in [0, 0.1) is 0 Å². The molecule has 2 heteroatoms. The molecule has 1 rings (SSSR count). The van der Waals surface area contributed by atoms with Crippen LogP contribution >= 0.6 is 0 Å². The monoisotopic (exact) mass is 158 g/mol. The van der Waals surface area contributed by atoms with Crippen LogP contribution in [0.5, 0.6) is 0 Å². The van der Waals surface area contributed by atoms with Gasteiger partial charge in [-0.3, -0.25) is 0 Å². The summed E-state index contributed by atoms with van der Waals surface area (Å²) >= 11 is 0. The van der Waals surface area contributed by atoms with E-state index in [0.29, 0.717) is 6.42 Å². The highest BCUT2D eigenvalue weighted by Gasteiger charge is 1.94. The van der Waals surface area contributed by atoms with Gasteiger partial charge < -0.3 is 9.53 Å². The molecule has 1 heterocycles. The number of ketones is 1. The lowest BCUT2D eigenvalue weighted by molar-refractivity contribution is -0.116. The van der Waals surface area contributed by atoms with Crippen molar-refractivity contribution in [1.29, 1.82) is 0 Å². The van der Waals surface area contributed by atoms with Gasteiger partial charge in [0.15, 0.2) is 0 Å². The van der Waals surface area contributed by atoms with Crippen LogP contribution in [0.3, 0.4) is 0 Å². The van der Waals surface area contributed by atoms with Gasteiger partial charge in [0, 0.05) is 19.6 Å². The van der Waals surface area contributed by atoms with Gasteiger partial charge in [-0.1, -0.05) is 6.92 Å². The van der Waals surface area contributed by atoms with Crippen molar-refractivity contribution >= 4 is 5.78 Å². The van der Waals surface area contributed by atoms with Crippen molar-refractivity contribution in [3.8, 4) is 0 Å². The summed E-state index contributed by atoms with van der Waals surface area (Å²) in [6, 6.07) is 0. The maximum atomic E-state index is 9.81. The average Bonchev–Trinajstić information content (AvgIpc) is 2.09. The molecule has 66 valence electrons. The van der Waals surface area contributed by atoms with Crippen molar-refractivity contribution in [3.63, 3.8) is 0 Å². The Balaban J connectivity index is 0.000000187. The lowest BCUT2D eigenvalue weighted by Crippen LogP contribution is -2.03. The molecule has 1 aliphatic rings. The zero-order chi connectivity index (χ0) is 8.53. The topological polar surface area (TPSA) is 26.3 Å². The lowest BCUT2D eigenvalue weighted by atomic mass is 10.2. The van der Waals surface area contributed by atoms with Crippen molar-refractivity contribution in [2.45, 2.75) is 39.5 Å². The van der Waals surface area contributed by atoms with Gasteiger partial charge in [0.2, 0.25) is 0 Å². The van der Waals surface area contributed by atoms with Gasteiger partial charge in [0.25, 0.3) is 0 Å². The normalized spacial score (nSPS) is 16.5. The molecule has 0 amide bonds. The quantitative estimate of drug-likeness (QED) is 0.584. The van der Waals surface area contributed by atoms with Crippen LogP contribution in [0.1, 0.15) is 39.5 Å². The first-order valence-corrected chi connectivity index (χ1v) is 4.34. The Hall–Kier alpha value is -0.370. The second-order valence-electron chi connectivity index (χ2n) is 2.73. The average molecular weight is 158 g/mol. The van der Waals surface area contributed by atoms with E-state index in [1.165, 1.54) is 19.3 Å². The molecule has 0 saturated carbocycles. The first kappa shape index (κ1) is 10.6. The smallest absolute Gasteiger partial charge is 0.129 e. The molecule has 0 aromatic heterocycles. The Morgan fingerprint density at radius 1 is 1.27 bits per heavy atom. The second kappa shape index (κ2) is 7.73. The Morgan fingerprint density at radius 2 is 1.73 bits per heavy atom. The summed E-state index contributed by atoms with van der Waals surface area (Å²) in [7, 11) is 0. The predicted molar refractivity (Wildman–Crippen MR) is 45.6 cm³/mol. The van der Waals surface area contributed by atoms with Gasteiger partial charge in [-0.05, 0) is 26.2 Å². The summed E-state index contributed by atoms with van der Waals surface area (Å²) in [5.74, 6) is 0.255. The van der Waals surface area contributed by atoms with Gasteiger partial charge >= 0.3 is 0 Å². The lowest BCUT2D eigenvalue weighted by Gasteiger charge is -2.08. The first-order valence-electron chi connectivity index (χ1n) is 4.34. The van der Waals surface area contributed by atoms with E-state index in [4.69, 9.17) is 4.74 Å². The summed E-state index contributed by atoms with van der Waals surface area (Å²) < 4.78 is 5.07. The van der Waals surface area contributed by atoms with Crippen LogP contribution < -0.4 is 0 Å². The largest absolute Gasteiger partial charge is 0.381 e. The minimum absolute atomic E-state index is 0.255. The Labute approximate surface area is 68.9 Å². The van der Waals surface area contributed by atoms with E-state index in [9.17, 15) is 4.79 Å². The molecule has 11 heavy (non-hydrogen) atoms. The van der Waals surface area contributed by atoms with Gasteiger partial charge in [-0.25, -0.2) is 0 Å². The molecule has 0 aromatic carbocycles. The van der Waals surface area contributed by atoms with Gasteiger partial charge in [-0.2, -0.15) is 0 Å². The van der Waals surface area contributed by atoms with Crippen LogP contribution in [0.2, 0.25) is 0 Å². The highest BCUT2D eigenvalue weighted by Crippen LogP contribution is 2.02. The van der Waals surface area contributed by atoms with Gasteiger partial charge in [0.1, 0.15) is 5.78 Å². The molecule has 1 aliphatic heterocycles. The van der Waals surface area contributed by atoms with E-state index in [1.807, 2.05) is 6.92 Å². The van der Waals surface area contributed by atoms with Crippen molar-refractivity contribution in [2.24, 2.45) is 0 Å². The van der Waals surface area contributed by atoms with E-state index in [2.05, 4.69) is 0 Å². The number of Topliss-reactive ketones (excluding diaryl/α,β-unsaturated/α-hetero) is 1. The molecule has 0 unspecified atom stereocenters. The van der Waals surface area contributed by atoms with Crippen molar-refractivity contribution in [2.75, 3.05) is 13.2 Å². The molecule has 0 bridgehead atoms. The standard InChI is InChI=1S/C5H10O.C4H8O/c1-2-4-6-5-3-1;1-3-4(2)5/h1-5H2;3H2,1-2H3. The number of hydrogen-bond donors (Lipinski definition) is 0. The molecule has 0 aromatic rings. The van der Waals surface area contributed by atoms with Crippen LogP contribution in [-0.4, -0.2) is 19.0 Å². The van der Waals surface area contributed by atoms with Crippen molar-refractivity contribution in [1.82, 2.24) is 0 Å². The molecule has 2 nitrogen and oxygen atoms in total. The Morgan fingerprint density at radius 3 is 1.82 bits per heavy atom. The highest BCUT2D eigenvalue weighted by molar-refractivity contribution is 5.74. The number of ether oxygens (including phenoxy) is 1. The molecule has 0 atom stereocenters. The number of rotatable bonds is 1. The maximum absolute atomic E-state index is 9.81. The summed E-state index contributed by atoms with van der Waals surface area (Å²) in [6.45, 7) is 5.43. The Kier molecular flexibility index (Phi) is 7.47. The fourth-order valence-corrected chi connectivity index (χ4v) is 0.687. The molecule has 1 fully saturated rings. The minimum Gasteiger partial charge on any atom is -0.381 e. The molecule has 0 radical (unpaired) electrons. The molecule has 0 spiro atoms. The summed E-state index contributed by atoms with van der Waals surface area (Å²) in [5.41, 5.74) is 0.